The molecule has 1 unspecified atom stereocenters. The van der Waals surface area contributed by atoms with Gasteiger partial charge in [-0.2, -0.15) is 11.8 Å². The van der Waals surface area contributed by atoms with E-state index in [1.807, 2.05) is 11.8 Å². The molecule has 1 fully saturated rings. The molecule has 1 saturated heterocycles. The third-order valence-corrected chi connectivity index (χ3v) is 3.92. The summed E-state index contributed by atoms with van der Waals surface area (Å²) in [5, 5.41) is 3.70. The zero-order valence-electron chi connectivity index (χ0n) is 10.3. The first-order valence-electron chi connectivity index (χ1n) is 6.31. The monoisotopic (exact) mass is 230 g/mol. The summed E-state index contributed by atoms with van der Waals surface area (Å²) < 4.78 is 0. The van der Waals surface area contributed by atoms with Gasteiger partial charge in [-0.25, -0.2) is 0 Å². The van der Waals surface area contributed by atoms with Crippen molar-refractivity contribution in [3.63, 3.8) is 0 Å². The average Bonchev–Trinajstić information content (AvgIpc) is 2.49. The minimum atomic E-state index is 0.781. The van der Waals surface area contributed by atoms with Gasteiger partial charge in [-0.3, -0.25) is 0 Å². The number of rotatable bonds is 6. The zero-order chi connectivity index (χ0) is 10.9. The van der Waals surface area contributed by atoms with E-state index in [-0.39, 0.29) is 0 Å². The van der Waals surface area contributed by atoms with Crippen LogP contribution in [0.25, 0.3) is 0 Å². The molecule has 1 aliphatic rings. The highest BCUT2D eigenvalue weighted by molar-refractivity contribution is 7.98. The molecule has 0 aliphatic carbocycles. The molecule has 0 radical (unpaired) electrons. The molecule has 0 saturated carbocycles. The van der Waals surface area contributed by atoms with Gasteiger partial charge in [-0.1, -0.05) is 6.92 Å². The summed E-state index contributed by atoms with van der Waals surface area (Å²) in [6, 6.07) is 0.781. The molecule has 0 bridgehead atoms. The summed E-state index contributed by atoms with van der Waals surface area (Å²) in [5.74, 6) is 1.29. The van der Waals surface area contributed by atoms with Gasteiger partial charge in [0.2, 0.25) is 0 Å². The summed E-state index contributed by atoms with van der Waals surface area (Å²) in [7, 11) is 0. The average molecular weight is 230 g/mol. The molecule has 3 heteroatoms. The molecule has 1 rings (SSSR count). The largest absolute Gasteiger partial charge is 0.314 e. The maximum absolute atomic E-state index is 3.70. The molecule has 2 nitrogen and oxygen atoms in total. The molecule has 0 amide bonds. The minimum Gasteiger partial charge on any atom is -0.314 e. The Morgan fingerprint density at radius 3 is 2.93 bits per heavy atom. The van der Waals surface area contributed by atoms with E-state index < -0.39 is 0 Å². The maximum Gasteiger partial charge on any atom is 0.00797 e. The fourth-order valence-electron chi connectivity index (χ4n) is 2.20. The van der Waals surface area contributed by atoms with Gasteiger partial charge in [0, 0.05) is 6.04 Å². The van der Waals surface area contributed by atoms with Crippen LogP contribution >= 0.6 is 11.8 Å². The third kappa shape index (κ3) is 5.79. The fourth-order valence-corrected chi connectivity index (χ4v) is 2.63. The predicted molar refractivity (Wildman–Crippen MR) is 70.8 cm³/mol. The number of nitrogens with one attached hydrogen (secondary N) is 1. The Morgan fingerprint density at radius 1 is 1.33 bits per heavy atom. The van der Waals surface area contributed by atoms with Gasteiger partial charge >= 0.3 is 0 Å². The Kier molecular flexibility index (Phi) is 7.49. The van der Waals surface area contributed by atoms with Crippen molar-refractivity contribution in [1.29, 1.82) is 0 Å². The van der Waals surface area contributed by atoms with Gasteiger partial charge in [0.25, 0.3) is 0 Å². The van der Waals surface area contributed by atoms with Gasteiger partial charge in [-0.15, -0.1) is 0 Å². The summed E-state index contributed by atoms with van der Waals surface area (Å²) >= 11 is 1.95. The van der Waals surface area contributed by atoms with Crippen molar-refractivity contribution in [2.45, 2.75) is 38.6 Å². The maximum atomic E-state index is 3.70. The van der Waals surface area contributed by atoms with Gasteiger partial charge < -0.3 is 10.2 Å². The van der Waals surface area contributed by atoms with E-state index >= 15 is 0 Å². The summed E-state index contributed by atoms with van der Waals surface area (Å²) in [5.41, 5.74) is 0. The second-order valence-corrected chi connectivity index (χ2v) is 5.35. The lowest BCUT2D eigenvalue weighted by atomic mass is 10.1. The van der Waals surface area contributed by atoms with Crippen LogP contribution in [0.2, 0.25) is 0 Å². The quantitative estimate of drug-likeness (QED) is 0.704. The van der Waals surface area contributed by atoms with Crippen molar-refractivity contribution < 1.29 is 0 Å². The molecule has 90 valence electrons. The van der Waals surface area contributed by atoms with Crippen LogP contribution in [0.3, 0.4) is 0 Å². The van der Waals surface area contributed by atoms with Gasteiger partial charge in [0.1, 0.15) is 0 Å². The first-order valence-corrected chi connectivity index (χ1v) is 7.71. The van der Waals surface area contributed by atoms with Crippen LogP contribution < -0.4 is 5.32 Å². The van der Waals surface area contributed by atoms with Gasteiger partial charge in [-0.05, 0) is 63.9 Å². The first kappa shape index (κ1) is 13.3. The van der Waals surface area contributed by atoms with Crippen LogP contribution in [0.1, 0.15) is 32.6 Å². The minimum absolute atomic E-state index is 0.781. The predicted octanol–water partition coefficient (Wildman–Crippen LogP) is 2.20. The number of hydrogen-bond acceptors (Lipinski definition) is 3. The Balaban J connectivity index is 2.08. The number of hydrogen-bond donors (Lipinski definition) is 1. The van der Waals surface area contributed by atoms with E-state index in [1.165, 1.54) is 57.6 Å². The van der Waals surface area contributed by atoms with Crippen molar-refractivity contribution in [2.24, 2.45) is 0 Å². The van der Waals surface area contributed by atoms with Crippen LogP contribution in [0.5, 0.6) is 0 Å². The van der Waals surface area contributed by atoms with E-state index in [0.717, 1.165) is 6.04 Å². The van der Waals surface area contributed by atoms with Crippen LogP contribution in [0, 0.1) is 0 Å². The molecular formula is C12H26N2S. The Morgan fingerprint density at radius 2 is 2.20 bits per heavy atom. The Labute approximate surface area is 99.2 Å². The molecule has 1 atom stereocenters. The molecule has 1 heterocycles. The lowest BCUT2D eigenvalue weighted by Crippen LogP contribution is -2.31. The normalized spacial score (nSPS) is 24.0. The Hall–Kier alpha value is 0.270. The lowest BCUT2D eigenvalue weighted by Gasteiger charge is -2.18. The molecule has 0 spiro atoms. The van der Waals surface area contributed by atoms with E-state index in [4.69, 9.17) is 0 Å². The molecule has 15 heavy (non-hydrogen) atoms. The highest BCUT2D eigenvalue weighted by atomic mass is 32.2. The molecule has 1 N–H and O–H groups in total. The van der Waals surface area contributed by atoms with E-state index in [1.54, 1.807) is 0 Å². The van der Waals surface area contributed by atoms with E-state index in [0.29, 0.717) is 0 Å². The highest BCUT2D eigenvalue weighted by Crippen LogP contribution is 2.10. The van der Waals surface area contributed by atoms with E-state index in [9.17, 15) is 0 Å². The molecule has 0 aromatic rings. The van der Waals surface area contributed by atoms with E-state index in [2.05, 4.69) is 23.4 Å². The van der Waals surface area contributed by atoms with Crippen molar-refractivity contribution in [3.8, 4) is 0 Å². The van der Waals surface area contributed by atoms with Crippen LogP contribution in [-0.2, 0) is 0 Å². The highest BCUT2D eigenvalue weighted by Gasteiger charge is 2.14. The van der Waals surface area contributed by atoms with Crippen LogP contribution in [0.4, 0.5) is 0 Å². The standard InChI is InChI=1S/C12H26N2S/c1-3-14-9-4-6-12(7-10-14)13-8-5-11-15-2/h12-13H,3-11H2,1-2H3. The summed E-state index contributed by atoms with van der Waals surface area (Å²) in [6.07, 6.45) is 7.58. The molecule has 1 aliphatic heterocycles. The molecule has 0 aromatic carbocycles. The van der Waals surface area contributed by atoms with Crippen LogP contribution in [-0.4, -0.2) is 49.1 Å². The molecule has 0 aromatic heterocycles. The van der Waals surface area contributed by atoms with Crippen molar-refractivity contribution >= 4 is 11.8 Å². The van der Waals surface area contributed by atoms with Crippen molar-refractivity contribution in [1.82, 2.24) is 10.2 Å². The fraction of sp³-hybridized carbons (Fsp3) is 1.00. The summed E-state index contributed by atoms with van der Waals surface area (Å²) in [6.45, 7) is 7.29. The molecular weight excluding hydrogens is 204 g/mol. The smallest absolute Gasteiger partial charge is 0.00797 e. The Bertz CT molecular complexity index is 153. The van der Waals surface area contributed by atoms with Gasteiger partial charge in [0.15, 0.2) is 0 Å². The second-order valence-electron chi connectivity index (χ2n) is 4.36. The van der Waals surface area contributed by atoms with Crippen LogP contribution in [0.15, 0.2) is 0 Å². The van der Waals surface area contributed by atoms with Gasteiger partial charge in [0.05, 0.1) is 0 Å². The second kappa shape index (κ2) is 8.43. The number of likely N-dealkylation sites (tertiary alicyclic amines) is 1. The first-order chi connectivity index (χ1) is 7.36. The van der Waals surface area contributed by atoms with Crippen molar-refractivity contribution in [3.05, 3.63) is 0 Å². The lowest BCUT2D eigenvalue weighted by molar-refractivity contribution is 0.297. The summed E-state index contributed by atoms with van der Waals surface area (Å²) in [4.78, 5) is 2.57. The van der Waals surface area contributed by atoms with Crippen molar-refractivity contribution in [2.75, 3.05) is 38.2 Å². The topological polar surface area (TPSA) is 15.3 Å². The zero-order valence-corrected chi connectivity index (χ0v) is 11.1. The third-order valence-electron chi connectivity index (χ3n) is 3.23. The number of thioether (sulfide) groups is 1. The SMILES string of the molecule is CCN1CCCC(NCCCSC)CC1. The number of nitrogens with zero attached hydrogens (tertiary/aromatic N) is 1.